The van der Waals surface area contributed by atoms with Crippen molar-refractivity contribution in [1.82, 2.24) is 0 Å². The molecule has 0 saturated heterocycles. The molecule has 0 aliphatic rings. The van der Waals surface area contributed by atoms with E-state index in [0.717, 1.165) is 23.1 Å². The molecule has 2 N–H and O–H groups in total. The molecule has 0 bridgehead atoms. The molecule has 0 spiro atoms. The fraction of sp³-hybridized carbons (Fsp3) is 0.125. The fourth-order valence-electron chi connectivity index (χ4n) is 2.13. The Morgan fingerprint density at radius 3 is 2.40 bits per heavy atom. The van der Waals surface area contributed by atoms with Crippen LogP contribution in [0.1, 0.15) is 16.8 Å². The first kappa shape index (κ1) is 18.3. The molecule has 25 heavy (non-hydrogen) atoms. The summed E-state index contributed by atoms with van der Waals surface area (Å²) in [5.74, 6) is -1.80. The number of non-ortho nitro benzene ring substituents is 1. The zero-order valence-corrected chi connectivity index (χ0v) is 13.6. The molecular weight excluding hydrogens is 353 g/mol. The zero-order valence-electron chi connectivity index (χ0n) is 12.8. The molecule has 2 amide bonds. The van der Waals surface area contributed by atoms with E-state index in [9.17, 15) is 24.1 Å². The van der Waals surface area contributed by atoms with Gasteiger partial charge in [-0.3, -0.25) is 19.7 Å². The normalized spacial score (nSPS) is 10.3. The minimum absolute atomic E-state index is 0.0155. The van der Waals surface area contributed by atoms with Gasteiger partial charge in [-0.25, -0.2) is 4.39 Å². The largest absolute Gasteiger partial charge is 0.370 e. The van der Waals surface area contributed by atoms with Crippen molar-refractivity contribution < 1.29 is 18.9 Å². The predicted octanol–water partition coefficient (Wildman–Crippen LogP) is 2.91. The molecule has 2 aromatic carbocycles. The van der Waals surface area contributed by atoms with Gasteiger partial charge < -0.3 is 10.6 Å². The van der Waals surface area contributed by atoms with Crippen LogP contribution >= 0.6 is 11.6 Å². The Morgan fingerprint density at radius 1 is 1.20 bits per heavy atom. The van der Waals surface area contributed by atoms with E-state index in [1.165, 1.54) is 24.3 Å². The quantitative estimate of drug-likeness (QED) is 0.627. The van der Waals surface area contributed by atoms with Gasteiger partial charge in [0.05, 0.1) is 15.5 Å². The summed E-state index contributed by atoms with van der Waals surface area (Å²) in [4.78, 5) is 35.3. The minimum atomic E-state index is -0.665. The topological polar surface area (TPSA) is 107 Å². The highest BCUT2D eigenvalue weighted by atomic mass is 35.5. The molecule has 0 aromatic heterocycles. The molecule has 7 nitrogen and oxygen atoms in total. The number of halogens is 2. The number of carbonyl (C=O) groups is 2. The van der Waals surface area contributed by atoms with Crippen molar-refractivity contribution in [2.45, 2.75) is 6.42 Å². The number of hydrogen-bond donors (Lipinski definition) is 1. The number of hydrogen-bond acceptors (Lipinski definition) is 4. The maximum atomic E-state index is 13.1. The van der Waals surface area contributed by atoms with Gasteiger partial charge in [0.2, 0.25) is 5.91 Å². The van der Waals surface area contributed by atoms with Crippen molar-refractivity contribution in [3.8, 4) is 0 Å². The van der Waals surface area contributed by atoms with E-state index >= 15 is 0 Å². The van der Waals surface area contributed by atoms with Crippen molar-refractivity contribution in [2.24, 2.45) is 5.73 Å². The smallest absolute Gasteiger partial charge is 0.270 e. The first-order valence-corrected chi connectivity index (χ1v) is 7.47. The van der Waals surface area contributed by atoms with Crippen LogP contribution in [0.15, 0.2) is 42.5 Å². The highest BCUT2D eigenvalue weighted by Crippen LogP contribution is 2.26. The Balaban J connectivity index is 2.44. The molecule has 2 aromatic rings. The lowest BCUT2D eigenvalue weighted by Gasteiger charge is -2.23. The van der Waals surface area contributed by atoms with Gasteiger partial charge in [-0.2, -0.15) is 0 Å². The van der Waals surface area contributed by atoms with E-state index in [-0.39, 0.29) is 29.2 Å². The SMILES string of the molecule is NC(=O)CCN(C(=O)c1cc([N+](=O)[O-])ccc1Cl)c1ccc(F)cc1. The first-order chi connectivity index (χ1) is 11.8. The lowest BCUT2D eigenvalue weighted by Crippen LogP contribution is -2.34. The van der Waals surface area contributed by atoms with Crippen LogP contribution in [0, 0.1) is 15.9 Å². The second-order valence-corrected chi connectivity index (χ2v) is 5.48. The minimum Gasteiger partial charge on any atom is -0.370 e. The summed E-state index contributed by atoms with van der Waals surface area (Å²) in [5, 5.41) is 10.9. The Labute approximate surface area is 146 Å². The van der Waals surface area contributed by atoms with Gasteiger partial charge in [-0.05, 0) is 30.3 Å². The Bertz CT molecular complexity index is 827. The molecule has 0 aliphatic heterocycles. The Hall–Kier alpha value is -3.00. The third-order valence-corrected chi connectivity index (χ3v) is 3.69. The first-order valence-electron chi connectivity index (χ1n) is 7.09. The summed E-state index contributed by atoms with van der Waals surface area (Å²) in [6, 6.07) is 8.45. The van der Waals surface area contributed by atoms with E-state index in [0.29, 0.717) is 5.69 Å². The summed E-state index contributed by atoms with van der Waals surface area (Å²) in [6.45, 7) is -0.0845. The molecule has 0 heterocycles. The van der Waals surface area contributed by atoms with Gasteiger partial charge >= 0.3 is 0 Å². The van der Waals surface area contributed by atoms with Gasteiger partial charge in [0, 0.05) is 30.8 Å². The number of nitrogens with zero attached hydrogens (tertiary/aromatic N) is 2. The van der Waals surface area contributed by atoms with Gasteiger partial charge in [0.15, 0.2) is 0 Å². The fourth-order valence-corrected chi connectivity index (χ4v) is 2.33. The number of primary amides is 1. The van der Waals surface area contributed by atoms with Crippen molar-refractivity contribution in [2.75, 3.05) is 11.4 Å². The van der Waals surface area contributed by atoms with Gasteiger partial charge in [0.1, 0.15) is 5.82 Å². The number of rotatable bonds is 6. The number of anilines is 1. The maximum absolute atomic E-state index is 13.1. The Morgan fingerprint density at radius 2 is 1.84 bits per heavy atom. The van der Waals surface area contributed by atoms with Crippen LogP contribution in [-0.4, -0.2) is 23.3 Å². The van der Waals surface area contributed by atoms with Crippen LogP contribution in [-0.2, 0) is 4.79 Å². The van der Waals surface area contributed by atoms with E-state index < -0.39 is 22.6 Å². The molecule has 2 rings (SSSR count). The van der Waals surface area contributed by atoms with Crippen LogP contribution in [0.5, 0.6) is 0 Å². The number of benzene rings is 2. The molecule has 0 fully saturated rings. The number of nitro benzene ring substituents is 1. The standard InChI is InChI=1S/C16H13ClFN3O4/c17-14-6-5-12(21(24)25)9-13(14)16(23)20(8-7-15(19)22)11-3-1-10(18)2-4-11/h1-6,9H,7-8H2,(H2,19,22). The van der Waals surface area contributed by atoms with Crippen LogP contribution < -0.4 is 10.6 Å². The van der Waals surface area contributed by atoms with Crippen LogP contribution in [0.2, 0.25) is 5.02 Å². The third-order valence-electron chi connectivity index (χ3n) is 3.36. The molecule has 0 unspecified atom stereocenters. The number of carbonyl (C=O) groups excluding carboxylic acids is 2. The molecule has 9 heteroatoms. The summed E-state index contributed by atoms with van der Waals surface area (Å²) in [5.41, 5.74) is 5.01. The molecular formula is C16H13ClFN3O4. The summed E-state index contributed by atoms with van der Waals surface area (Å²) >= 11 is 5.99. The van der Waals surface area contributed by atoms with Gasteiger partial charge in [-0.1, -0.05) is 11.6 Å². The average molecular weight is 366 g/mol. The van der Waals surface area contributed by atoms with Crippen molar-refractivity contribution >= 4 is 34.8 Å². The van der Waals surface area contributed by atoms with E-state index in [4.69, 9.17) is 17.3 Å². The van der Waals surface area contributed by atoms with Crippen LogP contribution in [0.25, 0.3) is 0 Å². The number of amides is 2. The highest BCUT2D eigenvalue weighted by Gasteiger charge is 2.23. The highest BCUT2D eigenvalue weighted by molar-refractivity contribution is 6.34. The van der Waals surface area contributed by atoms with Crippen molar-refractivity contribution in [3.05, 3.63) is 69.0 Å². The van der Waals surface area contributed by atoms with Gasteiger partial charge in [0.25, 0.3) is 11.6 Å². The lowest BCUT2D eigenvalue weighted by molar-refractivity contribution is -0.384. The second-order valence-electron chi connectivity index (χ2n) is 5.07. The predicted molar refractivity (Wildman–Crippen MR) is 90.0 cm³/mol. The monoisotopic (exact) mass is 365 g/mol. The van der Waals surface area contributed by atoms with Crippen LogP contribution in [0.3, 0.4) is 0 Å². The van der Waals surface area contributed by atoms with Crippen molar-refractivity contribution in [3.63, 3.8) is 0 Å². The van der Waals surface area contributed by atoms with E-state index in [1.54, 1.807) is 0 Å². The Kier molecular flexibility index (Phi) is 5.66. The average Bonchev–Trinajstić information content (AvgIpc) is 2.56. The third kappa shape index (κ3) is 4.51. The number of nitro groups is 1. The summed E-state index contributed by atoms with van der Waals surface area (Å²) < 4.78 is 13.1. The van der Waals surface area contributed by atoms with Crippen molar-refractivity contribution in [1.29, 1.82) is 0 Å². The van der Waals surface area contributed by atoms with E-state index in [2.05, 4.69) is 0 Å². The van der Waals surface area contributed by atoms with Crippen LogP contribution in [0.4, 0.5) is 15.8 Å². The molecule has 130 valence electrons. The lowest BCUT2D eigenvalue weighted by atomic mass is 10.1. The zero-order chi connectivity index (χ0) is 18.6. The molecule has 0 aliphatic carbocycles. The molecule has 0 saturated carbocycles. The molecule has 0 atom stereocenters. The van der Waals surface area contributed by atoms with Gasteiger partial charge in [-0.15, -0.1) is 0 Å². The molecule has 0 radical (unpaired) electrons. The number of nitrogens with two attached hydrogens (primary N) is 1. The summed E-state index contributed by atoms with van der Waals surface area (Å²) in [6.07, 6.45) is -0.143. The second kappa shape index (κ2) is 7.71. The maximum Gasteiger partial charge on any atom is 0.270 e. The summed E-state index contributed by atoms with van der Waals surface area (Å²) in [7, 11) is 0. The van der Waals surface area contributed by atoms with E-state index in [1.807, 2.05) is 0 Å².